The summed E-state index contributed by atoms with van der Waals surface area (Å²) in [4.78, 5) is 15.4. The van der Waals surface area contributed by atoms with Crippen LogP contribution in [-0.4, -0.2) is 48.1 Å². The second-order valence-electron chi connectivity index (χ2n) is 9.81. The summed E-state index contributed by atoms with van der Waals surface area (Å²) in [7, 11) is 0. The predicted octanol–water partition coefficient (Wildman–Crippen LogP) is 6.98. The van der Waals surface area contributed by atoms with Gasteiger partial charge < -0.3 is 10.1 Å². The summed E-state index contributed by atoms with van der Waals surface area (Å²) in [6.07, 6.45) is 2.86. The highest BCUT2D eigenvalue weighted by Gasteiger charge is 2.40. The first-order valence-corrected chi connectivity index (χ1v) is 14.7. The fourth-order valence-electron chi connectivity index (χ4n) is 5.34. The number of carbonyl (C=O) groups is 1. The van der Waals surface area contributed by atoms with Gasteiger partial charge in [-0.15, -0.1) is 0 Å². The second-order valence-corrected chi connectivity index (χ2v) is 11.8. The number of thioether (sulfide) groups is 1. The number of nitrogens with one attached hydrogen (secondary N) is 1. The van der Waals surface area contributed by atoms with Crippen LogP contribution in [0.1, 0.15) is 30.4 Å². The van der Waals surface area contributed by atoms with Crippen LogP contribution in [-0.2, 0) is 15.1 Å². The van der Waals surface area contributed by atoms with Crippen LogP contribution in [0.2, 0.25) is 10.0 Å². The molecule has 0 saturated carbocycles. The van der Waals surface area contributed by atoms with Crippen molar-refractivity contribution in [3.05, 3.63) is 87.9 Å². The van der Waals surface area contributed by atoms with Crippen molar-refractivity contribution in [1.29, 1.82) is 5.26 Å². The molecule has 2 aliphatic rings. The maximum absolute atomic E-state index is 12.9. The van der Waals surface area contributed by atoms with Crippen molar-refractivity contribution in [2.45, 2.75) is 30.9 Å². The number of anilines is 1. The monoisotopic (exact) mass is 565 g/mol. The summed E-state index contributed by atoms with van der Waals surface area (Å²) in [5.74, 6) is 2.17. The van der Waals surface area contributed by atoms with E-state index >= 15 is 0 Å². The normalized spacial score (nSPS) is 19.1. The van der Waals surface area contributed by atoms with E-state index in [0.717, 1.165) is 42.6 Å². The first-order valence-electron chi connectivity index (χ1n) is 12.8. The molecule has 8 heteroatoms. The quantitative estimate of drug-likeness (QED) is 0.334. The van der Waals surface area contributed by atoms with Crippen molar-refractivity contribution in [3.8, 4) is 17.2 Å². The van der Waals surface area contributed by atoms with Crippen LogP contribution < -0.4 is 5.32 Å². The molecule has 3 aromatic carbocycles. The molecule has 2 saturated heterocycles. The minimum Gasteiger partial charge on any atom is -0.360 e. The van der Waals surface area contributed by atoms with E-state index in [0.29, 0.717) is 27.3 Å². The molecule has 2 aliphatic heterocycles. The zero-order valence-electron chi connectivity index (χ0n) is 21.0. The zero-order valence-corrected chi connectivity index (χ0v) is 23.3. The van der Waals surface area contributed by atoms with E-state index in [1.165, 1.54) is 17.9 Å². The fraction of sp³-hybridized carbons (Fsp3) is 0.333. The molecule has 0 bridgehead atoms. The van der Waals surface area contributed by atoms with Gasteiger partial charge in [-0.1, -0.05) is 59.6 Å². The topological polar surface area (TPSA) is 65.4 Å². The summed E-state index contributed by atoms with van der Waals surface area (Å²) < 4.78 is 6.49. The zero-order chi connectivity index (χ0) is 26.5. The lowest BCUT2D eigenvalue weighted by molar-refractivity contribution is -0.135. The van der Waals surface area contributed by atoms with Gasteiger partial charge in [-0.2, -0.15) is 17.0 Å². The number of benzene rings is 3. The molecule has 196 valence electrons. The van der Waals surface area contributed by atoms with E-state index in [9.17, 15) is 10.1 Å². The molecule has 1 unspecified atom stereocenters. The van der Waals surface area contributed by atoms with Crippen molar-refractivity contribution >= 4 is 46.6 Å². The third kappa shape index (κ3) is 6.36. The highest BCUT2D eigenvalue weighted by Crippen LogP contribution is 2.39. The maximum Gasteiger partial charge on any atom is 0.250 e. The molecular weight excluding hydrogens is 537 g/mol. The van der Waals surface area contributed by atoms with Gasteiger partial charge in [0, 0.05) is 40.6 Å². The minimum atomic E-state index is -0.557. The molecule has 5 nitrogen and oxygen atoms in total. The van der Waals surface area contributed by atoms with Gasteiger partial charge >= 0.3 is 0 Å². The molecule has 2 fully saturated rings. The van der Waals surface area contributed by atoms with E-state index in [4.69, 9.17) is 27.9 Å². The lowest BCUT2D eigenvalue weighted by atomic mass is 9.83. The number of hydrogen-bond acceptors (Lipinski definition) is 5. The Hall–Kier alpha value is -2.53. The average Bonchev–Trinajstić information content (AvgIpc) is 3.47. The van der Waals surface area contributed by atoms with Crippen LogP contribution >= 0.6 is 35.0 Å². The molecule has 3 aromatic rings. The standard InChI is InChI=1S/C30H29Cl2N3O2S/c31-25-15-26(32)17-27(16-25)34-29(36)19-37-30(9-11-35(12-10-30)28-8-13-38-20-28)24-6-4-22(5-7-24)23-3-1-2-21(14-23)18-33/h1-7,14-17,28H,8-13,19-20H2,(H,34,36). The van der Waals surface area contributed by atoms with Crippen LogP contribution in [0.5, 0.6) is 0 Å². The van der Waals surface area contributed by atoms with Crippen molar-refractivity contribution in [1.82, 2.24) is 4.90 Å². The molecule has 0 aromatic heterocycles. The van der Waals surface area contributed by atoms with E-state index in [1.807, 2.05) is 30.0 Å². The molecule has 2 heterocycles. The summed E-state index contributed by atoms with van der Waals surface area (Å²) >= 11 is 14.2. The highest BCUT2D eigenvalue weighted by atomic mass is 35.5. The SMILES string of the molecule is N#Cc1cccc(-c2ccc(C3(OCC(=O)Nc4cc(Cl)cc(Cl)c4)CCN(C4CCSC4)CC3)cc2)c1. The third-order valence-corrected chi connectivity index (χ3v) is 8.97. The third-order valence-electron chi connectivity index (χ3n) is 7.39. The highest BCUT2D eigenvalue weighted by molar-refractivity contribution is 7.99. The van der Waals surface area contributed by atoms with Gasteiger partial charge in [0.25, 0.3) is 0 Å². The molecule has 0 aliphatic carbocycles. The lowest BCUT2D eigenvalue weighted by Gasteiger charge is -2.43. The largest absolute Gasteiger partial charge is 0.360 e. The van der Waals surface area contributed by atoms with Gasteiger partial charge in [-0.25, -0.2) is 0 Å². The minimum absolute atomic E-state index is 0.0740. The van der Waals surface area contributed by atoms with Crippen molar-refractivity contribution in [2.24, 2.45) is 0 Å². The molecule has 5 rings (SSSR count). The molecule has 0 spiro atoms. The van der Waals surface area contributed by atoms with Crippen LogP contribution in [0.4, 0.5) is 5.69 Å². The first kappa shape index (κ1) is 27.1. The molecule has 0 radical (unpaired) electrons. The number of nitriles is 1. The Morgan fingerprint density at radius 3 is 2.45 bits per heavy atom. The molecular formula is C30H29Cl2N3O2S. The number of carbonyl (C=O) groups excluding carboxylic acids is 1. The van der Waals surface area contributed by atoms with Crippen molar-refractivity contribution in [2.75, 3.05) is 36.5 Å². The smallest absolute Gasteiger partial charge is 0.250 e. The number of ether oxygens (including phenoxy) is 1. The van der Waals surface area contributed by atoms with E-state index in [1.54, 1.807) is 24.3 Å². The molecule has 1 amide bonds. The van der Waals surface area contributed by atoms with Crippen LogP contribution in [0.25, 0.3) is 11.1 Å². The number of likely N-dealkylation sites (tertiary alicyclic amines) is 1. The lowest BCUT2D eigenvalue weighted by Crippen LogP contribution is -2.48. The average molecular weight is 567 g/mol. The van der Waals surface area contributed by atoms with Crippen LogP contribution in [0.3, 0.4) is 0 Å². The summed E-state index contributed by atoms with van der Waals surface area (Å²) in [6, 6.07) is 23.7. The van der Waals surface area contributed by atoms with Gasteiger partial charge in [-0.05, 0) is 72.0 Å². The number of halogens is 2. The van der Waals surface area contributed by atoms with Gasteiger partial charge in [0.05, 0.1) is 17.2 Å². The fourth-order valence-corrected chi connectivity index (χ4v) is 7.12. The van der Waals surface area contributed by atoms with E-state index < -0.39 is 5.60 Å². The summed E-state index contributed by atoms with van der Waals surface area (Å²) in [6.45, 7) is 1.79. The Morgan fingerprint density at radius 2 is 1.79 bits per heavy atom. The van der Waals surface area contributed by atoms with Gasteiger partial charge in [0.15, 0.2) is 0 Å². The Balaban J connectivity index is 1.34. The van der Waals surface area contributed by atoms with E-state index in [-0.39, 0.29) is 12.5 Å². The van der Waals surface area contributed by atoms with Crippen molar-refractivity contribution in [3.63, 3.8) is 0 Å². The Bertz CT molecular complexity index is 1310. The van der Waals surface area contributed by atoms with Crippen LogP contribution in [0, 0.1) is 11.3 Å². The van der Waals surface area contributed by atoms with Gasteiger partial charge in [0.2, 0.25) is 5.91 Å². The van der Waals surface area contributed by atoms with Crippen molar-refractivity contribution < 1.29 is 9.53 Å². The molecule has 38 heavy (non-hydrogen) atoms. The number of piperidine rings is 1. The van der Waals surface area contributed by atoms with E-state index in [2.05, 4.69) is 40.6 Å². The number of amides is 1. The first-order chi connectivity index (χ1) is 18.4. The summed E-state index contributed by atoms with van der Waals surface area (Å²) in [5, 5.41) is 13.0. The summed E-state index contributed by atoms with van der Waals surface area (Å²) in [5.41, 5.74) is 3.73. The van der Waals surface area contributed by atoms with Gasteiger partial charge in [0.1, 0.15) is 6.61 Å². The van der Waals surface area contributed by atoms with Gasteiger partial charge in [-0.3, -0.25) is 9.69 Å². The molecule has 1 N–H and O–H groups in total. The number of hydrogen-bond donors (Lipinski definition) is 1. The number of rotatable bonds is 7. The Kier molecular flexibility index (Phi) is 8.62. The Morgan fingerprint density at radius 1 is 1.05 bits per heavy atom. The second kappa shape index (κ2) is 12.1. The predicted molar refractivity (Wildman–Crippen MR) is 156 cm³/mol. The molecule has 1 atom stereocenters. The maximum atomic E-state index is 12.9. The Labute approximate surface area is 238 Å². The van der Waals surface area contributed by atoms with Crippen LogP contribution in [0.15, 0.2) is 66.7 Å². The number of nitrogens with zero attached hydrogens (tertiary/aromatic N) is 2.